The molecule has 1 aromatic heterocycles. The molecule has 5 heteroatoms. The van der Waals surface area contributed by atoms with Crippen LogP contribution in [0.3, 0.4) is 0 Å². The molecule has 0 aliphatic heterocycles. The summed E-state index contributed by atoms with van der Waals surface area (Å²) >= 11 is 0. The van der Waals surface area contributed by atoms with Crippen LogP contribution in [0.2, 0.25) is 0 Å². The number of amides is 1. The molecule has 0 saturated heterocycles. The molecular formula is C15H14N2O3. The molecule has 3 rings (SSSR count). The fraction of sp³-hybridized carbons (Fsp3) is 0.200. The van der Waals surface area contributed by atoms with Crippen molar-refractivity contribution in [2.45, 2.75) is 19.3 Å². The number of aromatic nitrogens is 1. The number of carbonyl (C=O) groups excluding carboxylic acids is 1. The minimum Gasteiger partial charge on any atom is -0.478 e. The van der Waals surface area contributed by atoms with Gasteiger partial charge in [0.05, 0.1) is 11.6 Å². The lowest BCUT2D eigenvalue weighted by Gasteiger charge is -2.28. The Morgan fingerprint density at radius 2 is 2.10 bits per heavy atom. The Morgan fingerprint density at radius 1 is 1.35 bits per heavy atom. The first-order chi connectivity index (χ1) is 9.58. The molecule has 0 bridgehead atoms. The van der Waals surface area contributed by atoms with Crippen LogP contribution in [0.5, 0.6) is 0 Å². The average molecular weight is 270 g/mol. The second-order valence-electron chi connectivity index (χ2n) is 4.95. The van der Waals surface area contributed by atoms with Crippen LogP contribution in [-0.4, -0.2) is 22.0 Å². The van der Waals surface area contributed by atoms with Crippen molar-refractivity contribution in [3.63, 3.8) is 0 Å². The van der Waals surface area contributed by atoms with Crippen LogP contribution in [0.4, 0.5) is 5.69 Å². The van der Waals surface area contributed by atoms with Gasteiger partial charge in [-0.1, -0.05) is 24.3 Å². The number of carboxylic acid groups (broad SMARTS) is 1. The van der Waals surface area contributed by atoms with Gasteiger partial charge in [0.25, 0.3) is 0 Å². The molecule has 1 atom stereocenters. The lowest BCUT2D eigenvalue weighted by atomic mass is 9.77. The number of hydrogen-bond donors (Lipinski definition) is 3. The Morgan fingerprint density at radius 3 is 2.80 bits per heavy atom. The first-order valence-corrected chi connectivity index (χ1v) is 6.38. The smallest absolute Gasteiger partial charge is 0.339 e. The molecule has 3 N–H and O–H groups in total. The summed E-state index contributed by atoms with van der Waals surface area (Å²) in [6.45, 7) is 1.66. The third-order valence-electron chi connectivity index (χ3n) is 3.72. The van der Waals surface area contributed by atoms with Crippen molar-refractivity contribution in [3.8, 4) is 0 Å². The highest BCUT2D eigenvalue weighted by atomic mass is 16.4. The van der Waals surface area contributed by atoms with Gasteiger partial charge in [0.2, 0.25) is 5.91 Å². The number of fused-ring (bicyclic) bond motifs is 1. The molecule has 5 nitrogen and oxygen atoms in total. The predicted molar refractivity (Wildman–Crippen MR) is 74.0 cm³/mol. The van der Waals surface area contributed by atoms with Gasteiger partial charge in [-0.15, -0.1) is 0 Å². The number of aryl methyl sites for hydroxylation is 1. The van der Waals surface area contributed by atoms with Gasteiger partial charge < -0.3 is 15.4 Å². The molecule has 1 aliphatic carbocycles. The van der Waals surface area contributed by atoms with E-state index in [-0.39, 0.29) is 17.4 Å². The summed E-state index contributed by atoms with van der Waals surface area (Å²) in [5.41, 5.74) is 3.17. The fourth-order valence-corrected chi connectivity index (χ4v) is 2.61. The van der Waals surface area contributed by atoms with Crippen LogP contribution >= 0.6 is 0 Å². The molecular weight excluding hydrogens is 256 g/mol. The van der Waals surface area contributed by atoms with Crippen molar-refractivity contribution in [3.05, 3.63) is 52.8 Å². The monoisotopic (exact) mass is 270 g/mol. The van der Waals surface area contributed by atoms with Crippen molar-refractivity contribution in [2.75, 3.05) is 5.32 Å². The van der Waals surface area contributed by atoms with Crippen LogP contribution in [0.15, 0.2) is 30.5 Å². The zero-order valence-electron chi connectivity index (χ0n) is 10.9. The van der Waals surface area contributed by atoms with E-state index in [4.69, 9.17) is 5.11 Å². The van der Waals surface area contributed by atoms with Crippen LogP contribution < -0.4 is 5.32 Å². The first kappa shape index (κ1) is 12.5. The molecule has 102 valence electrons. The van der Waals surface area contributed by atoms with Gasteiger partial charge in [-0.3, -0.25) is 4.79 Å². The van der Waals surface area contributed by atoms with Gasteiger partial charge in [-0.2, -0.15) is 0 Å². The Labute approximate surface area is 115 Å². The van der Waals surface area contributed by atoms with E-state index in [1.807, 2.05) is 24.3 Å². The first-order valence-electron chi connectivity index (χ1n) is 6.38. The third kappa shape index (κ3) is 1.87. The summed E-state index contributed by atoms with van der Waals surface area (Å²) in [5.74, 6) is -1.40. The summed E-state index contributed by atoms with van der Waals surface area (Å²) in [7, 11) is 0. The zero-order valence-corrected chi connectivity index (χ0v) is 10.9. The van der Waals surface area contributed by atoms with E-state index in [0.29, 0.717) is 17.8 Å². The van der Waals surface area contributed by atoms with Gasteiger partial charge in [-0.25, -0.2) is 4.79 Å². The molecule has 1 aromatic carbocycles. The summed E-state index contributed by atoms with van der Waals surface area (Å²) < 4.78 is 0. The Bertz CT molecular complexity index is 703. The Kier molecular flexibility index (Phi) is 2.82. The highest BCUT2D eigenvalue weighted by Gasteiger charge is 2.32. The molecule has 1 amide bonds. The maximum atomic E-state index is 12.2. The van der Waals surface area contributed by atoms with Gasteiger partial charge in [0.15, 0.2) is 0 Å². The van der Waals surface area contributed by atoms with Crippen LogP contribution in [0.25, 0.3) is 0 Å². The van der Waals surface area contributed by atoms with Crippen molar-refractivity contribution < 1.29 is 14.7 Å². The van der Waals surface area contributed by atoms with E-state index in [1.54, 1.807) is 6.92 Å². The average Bonchev–Trinajstić information content (AvgIpc) is 2.72. The molecule has 0 fully saturated rings. The van der Waals surface area contributed by atoms with E-state index in [1.165, 1.54) is 11.8 Å². The number of anilines is 1. The normalized spacial score (nSPS) is 16.1. The van der Waals surface area contributed by atoms with Gasteiger partial charge in [-0.05, 0) is 24.5 Å². The van der Waals surface area contributed by atoms with Crippen molar-refractivity contribution in [1.82, 2.24) is 4.98 Å². The summed E-state index contributed by atoms with van der Waals surface area (Å²) in [6.07, 6.45) is 2.22. The Balaban J connectivity index is 1.80. The molecule has 1 aliphatic rings. The van der Waals surface area contributed by atoms with Crippen LogP contribution in [0.1, 0.15) is 33.1 Å². The van der Waals surface area contributed by atoms with Crippen molar-refractivity contribution in [1.29, 1.82) is 0 Å². The quantitative estimate of drug-likeness (QED) is 0.800. The minimum atomic E-state index is -1.05. The van der Waals surface area contributed by atoms with Crippen LogP contribution in [-0.2, 0) is 11.2 Å². The number of aromatic carboxylic acids is 1. The molecule has 0 spiro atoms. The number of aromatic amines is 1. The van der Waals surface area contributed by atoms with E-state index in [9.17, 15) is 9.59 Å². The predicted octanol–water partition coefficient (Wildman–Crippen LogP) is 2.30. The molecule has 20 heavy (non-hydrogen) atoms. The van der Waals surface area contributed by atoms with E-state index in [2.05, 4.69) is 10.3 Å². The standard InChI is InChI=1S/C15H14N2O3/c1-8-13(15(19)20)12(7-16-8)17-14(18)11-6-9-4-2-3-5-10(9)11/h2-5,7,11,16H,6H2,1H3,(H,17,18)(H,19,20). The van der Waals surface area contributed by atoms with Gasteiger partial charge in [0, 0.05) is 11.9 Å². The maximum Gasteiger partial charge on any atom is 0.339 e. The maximum absolute atomic E-state index is 12.2. The largest absolute Gasteiger partial charge is 0.478 e. The molecule has 0 saturated carbocycles. The number of nitrogens with one attached hydrogen (secondary N) is 2. The number of hydrogen-bond acceptors (Lipinski definition) is 2. The second-order valence-corrected chi connectivity index (χ2v) is 4.95. The van der Waals surface area contributed by atoms with E-state index in [0.717, 1.165) is 5.56 Å². The van der Waals surface area contributed by atoms with Gasteiger partial charge in [0.1, 0.15) is 5.56 Å². The van der Waals surface area contributed by atoms with E-state index >= 15 is 0 Å². The van der Waals surface area contributed by atoms with E-state index < -0.39 is 5.97 Å². The molecule has 2 aromatic rings. The molecule has 1 heterocycles. The summed E-state index contributed by atoms with van der Waals surface area (Å²) in [6, 6.07) is 7.79. The second kappa shape index (κ2) is 4.52. The van der Waals surface area contributed by atoms with Crippen molar-refractivity contribution in [2.24, 2.45) is 0 Å². The lowest BCUT2D eigenvalue weighted by Crippen LogP contribution is -2.30. The molecule has 0 radical (unpaired) electrons. The topological polar surface area (TPSA) is 82.2 Å². The zero-order chi connectivity index (χ0) is 14.3. The van der Waals surface area contributed by atoms with Crippen LogP contribution in [0, 0.1) is 6.92 Å². The number of carboxylic acids is 1. The molecule has 1 unspecified atom stereocenters. The number of benzene rings is 1. The number of H-pyrrole nitrogens is 1. The summed E-state index contributed by atoms with van der Waals surface area (Å²) in [5, 5.41) is 11.8. The number of rotatable bonds is 3. The SMILES string of the molecule is Cc1[nH]cc(NC(=O)C2Cc3ccccc32)c1C(=O)O. The summed E-state index contributed by atoms with van der Waals surface area (Å²) in [4.78, 5) is 26.2. The lowest BCUT2D eigenvalue weighted by molar-refractivity contribution is -0.118. The van der Waals surface area contributed by atoms with Gasteiger partial charge >= 0.3 is 5.97 Å². The van der Waals surface area contributed by atoms with Crippen molar-refractivity contribution >= 4 is 17.6 Å². The number of carbonyl (C=O) groups is 2. The highest BCUT2D eigenvalue weighted by Crippen LogP contribution is 2.35. The fourth-order valence-electron chi connectivity index (χ4n) is 2.61. The Hall–Kier alpha value is -2.56. The minimum absolute atomic E-state index is 0.117. The third-order valence-corrected chi connectivity index (χ3v) is 3.72. The highest BCUT2D eigenvalue weighted by molar-refractivity contribution is 6.04.